The van der Waals surface area contributed by atoms with Gasteiger partial charge in [0.2, 0.25) is 0 Å². The first-order chi connectivity index (χ1) is 6.27. The Bertz CT molecular complexity index is 165. The summed E-state index contributed by atoms with van der Waals surface area (Å²) >= 11 is 0. The molecule has 0 aromatic heterocycles. The molecule has 0 amide bonds. The Morgan fingerprint density at radius 1 is 1.31 bits per heavy atom. The van der Waals surface area contributed by atoms with Crippen LogP contribution in [0.1, 0.15) is 26.7 Å². The van der Waals surface area contributed by atoms with Crippen molar-refractivity contribution in [2.75, 3.05) is 26.3 Å². The average molecular weight is 183 g/mol. The van der Waals surface area contributed by atoms with Gasteiger partial charge in [-0.25, -0.2) is 0 Å². The fraction of sp³-hybridized carbons (Fsp3) is 1.00. The van der Waals surface area contributed by atoms with Gasteiger partial charge in [-0.3, -0.25) is 4.90 Å². The standard InChI is InChI=1S/C11H21NO/c1-9(2)10-4-3-5-12(6-10)11-7-13-8-11/h9-11H,3-8H2,1-2H3/t10-/m1/s1. The van der Waals surface area contributed by atoms with Gasteiger partial charge in [0, 0.05) is 6.54 Å². The molecule has 0 aliphatic carbocycles. The lowest BCUT2D eigenvalue weighted by Gasteiger charge is -2.43. The van der Waals surface area contributed by atoms with E-state index < -0.39 is 0 Å². The highest BCUT2D eigenvalue weighted by molar-refractivity contribution is 4.83. The van der Waals surface area contributed by atoms with Crippen LogP contribution in [0, 0.1) is 11.8 Å². The maximum atomic E-state index is 5.24. The van der Waals surface area contributed by atoms with E-state index >= 15 is 0 Å². The van der Waals surface area contributed by atoms with E-state index in [1.807, 2.05) is 0 Å². The van der Waals surface area contributed by atoms with Crippen LogP contribution in [0.2, 0.25) is 0 Å². The highest BCUT2D eigenvalue weighted by atomic mass is 16.5. The average Bonchev–Trinajstić information content (AvgIpc) is 2.01. The molecule has 0 bridgehead atoms. The van der Waals surface area contributed by atoms with Crippen LogP contribution in [0.3, 0.4) is 0 Å². The summed E-state index contributed by atoms with van der Waals surface area (Å²) in [5.74, 6) is 1.78. The summed E-state index contributed by atoms with van der Waals surface area (Å²) in [5.41, 5.74) is 0. The van der Waals surface area contributed by atoms with Crippen molar-refractivity contribution in [3.8, 4) is 0 Å². The van der Waals surface area contributed by atoms with Gasteiger partial charge in [0.15, 0.2) is 0 Å². The van der Waals surface area contributed by atoms with E-state index in [9.17, 15) is 0 Å². The lowest BCUT2D eigenvalue weighted by atomic mass is 9.87. The molecule has 2 saturated heterocycles. The molecule has 2 aliphatic rings. The monoisotopic (exact) mass is 183 g/mol. The van der Waals surface area contributed by atoms with Gasteiger partial charge in [0.05, 0.1) is 19.3 Å². The fourth-order valence-electron chi connectivity index (χ4n) is 2.35. The fourth-order valence-corrected chi connectivity index (χ4v) is 2.35. The van der Waals surface area contributed by atoms with Crippen molar-refractivity contribution in [2.24, 2.45) is 11.8 Å². The van der Waals surface area contributed by atoms with Crippen molar-refractivity contribution in [3.63, 3.8) is 0 Å². The number of ether oxygens (including phenoxy) is 1. The van der Waals surface area contributed by atoms with Gasteiger partial charge in [0.25, 0.3) is 0 Å². The quantitative estimate of drug-likeness (QED) is 0.646. The van der Waals surface area contributed by atoms with E-state index in [0.29, 0.717) is 0 Å². The van der Waals surface area contributed by atoms with Crippen molar-refractivity contribution < 1.29 is 4.74 Å². The maximum Gasteiger partial charge on any atom is 0.0645 e. The Kier molecular flexibility index (Phi) is 2.89. The van der Waals surface area contributed by atoms with Crippen molar-refractivity contribution >= 4 is 0 Å². The minimum Gasteiger partial charge on any atom is -0.378 e. The van der Waals surface area contributed by atoms with E-state index in [0.717, 1.165) is 31.1 Å². The normalized spacial score (nSPS) is 32.1. The third-order valence-corrected chi connectivity index (χ3v) is 3.57. The van der Waals surface area contributed by atoms with Crippen molar-refractivity contribution in [1.29, 1.82) is 0 Å². The van der Waals surface area contributed by atoms with Gasteiger partial charge in [0.1, 0.15) is 0 Å². The summed E-state index contributed by atoms with van der Waals surface area (Å²) < 4.78 is 5.24. The number of likely N-dealkylation sites (tertiary alicyclic amines) is 1. The predicted molar refractivity (Wildman–Crippen MR) is 53.7 cm³/mol. The van der Waals surface area contributed by atoms with E-state index in [2.05, 4.69) is 18.7 Å². The summed E-state index contributed by atoms with van der Waals surface area (Å²) in [4.78, 5) is 2.64. The first kappa shape index (κ1) is 9.47. The lowest BCUT2D eigenvalue weighted by molar-refractivity contribution is -0.0787. The first-order valence-corrected chi connectivity index (χ1v) is 5.59. The van der Waals surface area contributed by atoms with Crippen LogP contribution in [0.25, 0.3) is 0 Å². The van der Waals surface area contributed by atoms with Crippen LogP contribution in [-0.2, 0) is 4.74 Å². The summed E-state index contributed by atoms with van der Waals surface area (Å²) in [7, 11) is 0. The summed E-state index contributed by atoms with van der Waals surface area (Å²) in [6.45, 7) is 9.27. The number of rotatable bonds is 2. The lowest BCUT2D eigenvalue weighted by Crippen LogP contribution is -2.53. The molecule has 2 heterocycles. The summed E-state index contributed by atoms with van der Waals surface area (Å²) in [5, 5.41) is 0. The highest BCUT2D eigenvalue weighted by Crippen LogP contribution is 2.26. The first-order valence-electron chi connectivity index (χ1n) is 5.59. The van der Waals surface area contributed by atoms with Crippen LogP contribution >= 0.6 is 0 Å². The Hall–Kier alpha value is -0.0800. The van der Waals surface area contributed by atoms with Crippen molar-refractivity contribution in [2.45, 2.75) is 32.7 Å². The van der Waals surface area contributed by atoms with Crippen molar-refractivity contribution in [1.82, 2.24) is 4.90 Å². The van der Waals surface area contributed by atoms with Crippen LogP contribution in [0.5, 0.6) is 0 Å². The zero-order chi connectivity index (χ0) is 9.26. The molecule has 0 spiro atoms. The topological polar surface area (TPSA) is 12.5 Å². The SMILES string of the molecule is CC(C)[C@@H]1CCCN(C2COC2)C1. The second-order valence-corrected chi connectivity index (χ2v) is 4.83. The zero-order valence-electron chi connectivity index (χ0n) is 8.83. The maximum absolute atomic E-state index is 5.24. The molecule has 0 N–H and O–H groups in total. The predicted octanol–water partition coefficient (Wildman–Crippen LogP) is 1.75. The second kappa shape index (κ2) is 3.97. The summed E-state index contributed by atoms with van der Waals surface area (Å²) in [6, 6.07) is 0.751. The number of hydrogen-bond acceptors (Lipinski definition) is 2. The molecule has 2 aliphatic heterocycles. The van der Waals surface area contributed by atoms with E-state index in [4.69, 9.17) is 4.74 Å². The molecule has 0 aromatic rings. The molecule has 0 radical (unpaired) electrons. The third kappa shape index (κ3) is 2.05. The molecule has 0 unspecified atom stereocenters. The Balaban J connectivity index is 1.84. The molecule has 2 nitrogen and oxygen atoms in total. The molecule has 76 valence electrons. The van der Waals surface area contributed by atoms with Crippen LogP contribution in [0.4, 0.5) is 0 Å². The molecule has 2 fully saturated rings. The number of hydrogen-bond donors (Lipinski definition) is 0. The van der Waals surface area contributed by atoms with E-state index in [-0.39, 0.29) is 0 Å². The van der Waals surface area contributed by atoms with Crippen LogP contribution in [0.15, 0.2) is 0 Å². The van der Waals surface area contributed by atoms with Crippen molar-refractivity contribution in [3.05, 3.63) is 0 Å². The van der Waals surface area contributed by atoms with Gasteiger partial charge in [-0.05, 0) is 31.2 Å². The van der Waals surface area contributed by atoms with Gasteiger partial charge in [-0.1, -0.05) is 13.8 Å². The smallest absolute Gasteiger partial charge is 0.0645 e. The number of piperidine rings is 1. The molecular formula is C11H21NO. The largest absolute Gasteiger partial charge is 0.378 e. The van der Waals surface area contributed by atoms with Crippen LogP contribution < -0.4 is 0 Å². The molecule has 13 heavy (non-hydrogen) atoms. The van der Waals surface area contributed by atoms with E-state index in [1.165, 1.54) is 25.9 Å². The molecule has 2 heteroatoms. The van der Waals surface area contributed by atoms with E-state index in [1.54, 1.807) is 0 Å². The minimum atomic E-state index is 0.751. The van der Waals surface area contributed by atoms with Gasteiger partial charge in [-0.2, -0.15) is 0 Å². The Labute approximate surface area is 81.3 Å². The van der Waals surface area contributed by atoms with Gasteiger partial charge in [-0.15, -0.1) is 0 Å². The minimum absolute atomic E-state index is 0.751. The van der Waals surface area contributed by atoms with Crippen LogP contribution in [-0.4, -0.2) is 37.2 Å². The van der Waals surface area contributed by atoms with Gasteiger partial charge < -0.3 is 4.74 Å². The molecule has 0 aromatic carbocycles. The second-order valence-electron chi connectivity index (χ2n) is 4.83. The zero-order valence-corrected chi connectivity index (χ0v) is 8.83. The molecule has 2 rings (SSSR count). The molecule has 1 atom stereocenters. The van der Waals surface area contributed by atoms with Gasteiger partial charge >= 0.3 is 0 Å². The molecule has 0 saturated carbocycles. The highest BCUT2D eigenvalue weighted by Gasteiger charge is 2.30. The Morgan fingerprint density at radius 2 is 2.08 bits per heavy atom. The summed E-state index contributed by atoms with van der Waals surface area (Å²) in [6.07, 6.45) is 2.82. The molecular weight excluding hydrogens is 162 g/mol. The number of nitrogens with zero attached hydrogens (tertiary/aromatic N) is 1. The third-order valence-electron chi connectivity index (χ3n) is 3.57. The Morgan fingerprint density at radius 3 is 2.62 bits per heavy atom.